The summed E-state index contributed by atoms with van der Waals surface area (Å²) < 4.78 is 0. The van der Waals surface area contributed by atoms with Crippen molar-refractivity contribution in [3.8, 4) is 0 Å². The quantitative estimate of drug-likeness (QED) is 0.527. The van der Waals surface area contributed by atoms with E-state index in [-0.39, 0.29) is 0 Å². The van der Waals surface area contributed by atoms with Crippen LogP contribution in [0, 0.1) is 0 Å². The summed E-state index contributed by atoms with van der Waals surface area (Å²) in [6, 6.07) is 0. The van der Waals surface area contributed by atoms with Crippen molar-refractivity contribution in [3.05, 3.63) is 12.7 Å². The van der Waals surface area contributed by atoms with Crippen molar-refractivity contribution in [2.45, 2.75) is 25.5 Å². The Morgan fingerprint density at radius 1 is 1.75 bits per heavy atom. The highest BCUT2D eigenvalue weighted by Crippen LogP contribution is 2.12. The SMILES string of the molecule is C=CCC(C)SCC. The molecule has 0 heterocycles. The molecule has 1 unspecified atom stereocenters. The van der Waals surface area contributed by atoms with Crippen LogP contribution < -0.4 is 0 Å². The van der Waals surface area contributed by atoms with E-state index in [0.29, 0.717) is 0 Å². The van der Waals surface area contributed by atoms with Crippen molar-refractivity contribution >= 4 is 11.8 Å². The summed E-state index contributed by atoms with van der Waals surface area (Å²) in [7, 11) is 0. The number of allylic oxidation sites excluding steroid dienone is 1. The van der Waals surface area contributed by atoms with Crippen LogP contribution in [0.25, 0.3) is 0 Å². The Labute approximate surface area is 56.4 Å². The van der Waals surface area contributed by atoms with Crippen molar-refractivity contribution in [1.29, 1.82) is 0 Å². The summed E-state index contributed by atoms with van der Waals surface area (Å²) >= 11 is 1.98. The molecule has 0 aromatic rings. The van der Waals surface area contributed by atoms with E-state index in [2.05, 4.69) is 20.4 Å². The Morgan fingerprint density at radius 3 is 2.75 bits per heavy atom. The maximum absolute atomic E-state index is 3.67. The van der Waals surface area contributed by atoms with Crippen LogP contribution in [0.2, 0.25) is 0 Å². The fourth-order valence-electron chi connectivity index (χ4n) is 0.587. The third kappa shape index (κ3) is 4.25. The summed E-state index contributed by atoms with van der Waals surface area (Å²) in [4.78, 5) is 0. The summed E-state index contributed by atoms with van der Waals surface area (Å²) in [6.45, 7) is 8.09. The van der Waals surface area contributed by atoms with E-state index in [4.69, 9.17) is 0 Å². The van der Waals surface area contributed by atoms with E-state index in [1.807, 2.05) is 17.8 Å². The van der Waals surface area contributed by atoms with Crippen molar-refractivity contribution in [1.82, 2.24) is 0 Å². The lowest BCUT2D eigenvalue weighted by molar-refractivity contribution is 0.983. The largest absolute Gasteiger partial charge is 0.159 e. The fraction of sp³-hybridized carbons (Fsp3) is 0.714. The third-order valence-corrected chi connectivity index (χ3v) is 2.04. The molecule has 0 bridgehead atoms. The smallest absolute Gasteiger partial charge is 0.00530 e. The lowest BCUT2D eigenvalue weighted by Crippen LogP contribution is -1.92. The van der Waals surface area contributed by atoms with E-state index in [9.17, 15) is 0 Å². The Bertz CT molecular complexity index is 59.4. The first-order valence-corrected chi connectivity index (χ1v) is 4.08. The zero-order valence-corrected chi connectivity index (χ0v) is 6.50. The number of hydrogen-bond donors (Lipinski definition) is 0. The molecule has 0 amide bonds. The molecular formula is C7H14S. The van der Waals surface area contributed by atoms with E-state index >= 15 is 0 Å². The zero-order chi connectivity index (χ0) is 6.41. The van der Waals surface area contributed by atoms with Gasteiger partial charge in [0.1, 0.15) is 0 Å². The summed E-state index contributed by atoms with van der Waals surface area (Å²) in [5.41, 5.74) is 0. The van der Waals surface area contributed by atoms with E-state index in [1.54, 1.807) is 0 Å². The molecule has 0 aliphatic carbocycles. The molecule has 0 aromatic carbocycles. The second kappa shape index (κ2) is 5.23. The molecule has 0 aromatic heterocycles. The summed E-state index contributed by atoms with van der Waals surface area (Å²) in [5, 5.41) is 0.762. The number of rotatable bonds is 4. The van der Waals surface area contributed by atoms with E-state index in [0.717, 1.165) is 11.7 Å². The van der Waals surface area contributed by atoms with Crippen molar-refractivity contribution in [2.24, 2.45) is 0 Å². The predicted molar refractivity (Wildman–Crippen MR) is 42.4 cm³/mol. The Balaban J connectivity index is 3.03. The second-order valence-corrected chi connectivity index (χ2v) is 3.51. The summed E-state index contributed by atoms with van der Waals surface area (Å²) in [5.74, 6) is 1.22. The fourth-order valence-corrected chi connectivity index (χ4v) is 1.43. The molecule has 0 rings (SSSR count). The first-order chi connectivity index (χ1) is 3.81. The molecule has 1 heteroatoms. The Kier molecular flexibility index (Phi) is 5.29. The molecule has 1 atom stereocenters. The second-order valence-electron chi connectivity index (χ2n) is 1.79. The molecule has 0 saturated carbocycles. The molecule has 0 fully saturated rings. The molecule has 0 nitrogen and oxygen atoms in total. The van der Waals surface area contributed by atoms with Gasteiger partial charge in [-0.15, -0.1) is 6.58 Å². The normalized spacial score (nSPS) is 13.2. The first-order valence-electron chi connectivity index (χ1n) is 3.03. The molecule has 0 saturated heterocycles. The number of thioether (sulfide) groups is 1. The van der Waals surface area contributed by atoms with Gasteiger partial charge in [0.05, 0.1) is 0 Å². The van der Waals surface area contributed by atoms with Gasteiger partial charge < -0.3 is 0 Å². The number of hydrogen-bond acceptors (Lipinski definition) is 1. The minimum atomic E-state index is 0.762. The van der Waals surface area contributed by atoms with Gasteiger partial charge in [-0.3, -0.25) is 0 Å². The van der Waals surface area contributed by atoms with Gasteiger partial charge in [-0.25, -0.2) is 0 Å². The van der Waals surface area contributed by atoms with Crippen LogP contribution in [0.5, 0.6) is 0 Å². The van der Waals surface area contributed by atoms with Crippen LogP contribution >= 0.6 is 11.8 Å². The minimum Gasteiger partial charge on any atom is -0.159 e. The molecule has 0 N–H and O–H groups in total. The van der Waals surface area contributed by atoms with Gasteiger partial charge in [-0.1, -0.05) is 19.9 Å². The van der Waals surface area contributed by atoms with E-state index < -0.39 is 0 Å². The van der Waals surface area contributed by atoms with Crippen LogP contribution in [0.4, 0.5) is 0 Å². The topological polar surface area (TPSA) is 0 Å². The Morgan fingerprint density at radius 2 is 2.38 bits per heavy atom. The standard InChI is InChI=1S/C7H14S/c1-4-6-7(3)8-5-2/h4,7H,1,5-6H2,2-3H3. The van der Waals surface area contributed by atoms with Gasteiger partial charge in [0.25, 0.3) is 0 Å². The molecule has 0 spiro atoms. The van der Waals surface area contributed by atoms with Crippen LogP contribution in [-0.2, 0) is 0 Å². The molecule has 0 aliphatic rings. The van der Waals surface area contributed by atoms with Gasteiger partial charge in [0.2, 0.25) is 0 Å². The highest BCUT2D eigenvalue weighted by atomic mass is 32.2. The van der Waals surface area contributed by atoms with Crippen molar-refractivity contribution < 1.29 is 0 Å². The van der Waals surface area contributed by atoms with Crippen LogP contribution in [0.3, 0.4) is 0 Å². The average molecular weight is 130 g/mol. The zero-order valence-electron chi connectivity index (χ0n) is 5.68. The summed E-state index contributed by atoms with van der Waals surface area (Å²) in [6.07, 6.45) is 3.12. The lowest BCUT2D eigenvalue weighted by Gasteiger charge is -2.03. The minimum absolute atomic E-state index is 0.762. The van der Waals surface area contributed by atoms with Gasteiger partial charge in [-0.2, -0.15) is 11.8 Å². The van der Waals surface area contributed by atoms with Crippen LogP contribution in [0.1, 0.15) is 20.3 Å². The van der Waals surface area contributed by atoms with Gasteiger partial charge in [-0.05, 0) is 12.2 Å². The predicted octanol–water partition coefficient (Wildman–Crippen LogP) is 2.70. The van der Waals surface area contributed by atoms with Gasteiger partial charge in [0.15, 0.2) is 0 Å². The maximum Gasteiger partial charge on any atom is 0.00530 e. The average Bonchev–Trinajstić information content (AvgIpc) is 1.68. The highest BCUT2D eigenvalue weighted by molar-refractivity contribution is 7.99. The lowest BCUT2D eigenvalue weighted by atomic mass is 10.3. The molecular weight excluding hydrogens is 116 g/mol. The third-order valence-electron chi connectivity index (χ3n) is 0.950. The molecule has 0 aliphatic heterocycles. The van der Waals surface area contributed by atoms with Crippen molar-refractivity contribution in [2.75, 3.05) is 5.75 Å². The molecule has 0 radical (unpaired) electrons. The monoisotopic (exact) mass is 130 g/mol. The van der Waals surface area contributed by atoms with Gasteiger partial charge in [0, 0.05) is 5.25 Å². The highest BCUT2D eigenvalue weighted by Gasteiger charge is 1.94. The van der Waals surface area contributed by atoms with Crippen LogP contribution in [0.15, 0.2) is 12.7 Å². The van der Waals surface area contributed by atoms with Crippen LogP contribution in [-0.4, -0.2) is 11.0 Å². The first kappa shape index (κ1) is 8.09. The Hall–Kier alpha value is 0.0900. The maximum atomic E-state index is 3.67. The molecule has 48 valence electrons. The van der Waals surface area contributed by atoms with Crippen molar-refractivity contribution in [3.63, 3.8) is 0 Å². The van der Waals surface area contributed by atoms with Gasteiger partial charge >= 0.3 is 0 Å². The molecule has 8 heavy (non-hydrogen) atoms. The van der Waals surface area contributed by atoms with E-state index in [1.165, 1.54) is 5.75 Å².